The fourth-order valence-corrected chi connectivity index (χ4v) is 2.25. The zero-order chi connectivity index (χ0) is 12.5. The van der Waals surface area contributed by atoms with E-state index in [0.717, 1.165) is 11.4 Å². The lowest BCUT2D eigenvalue weighted by atomic mass is 10.2. The Bertz CT molecular complexity index is 681. The summed E-state index contributed by atoms with van der Waals surface area (Å²) in [5, 5.41) is 4.69. The van der Waals surface area contributed by atoms with Crippen molar-refractivity contribution in [3.8, 4) is 0 Å². The molecular weight excluding hydrogens is 220 g/mol. The number of fused-ring (bicyclic) bond motifs is 1. The third-order valence-corrected chi connectivity index (χ3v) is 3.34. The molecule has 2 aromatic carbocycles. The van der Waals surface area contributed by atoms with Gasteiger partial charge in [0, 0.05) is 35.0 Å². The number of nitrogens with one attached hydrogen (secondary N) is 1. The van der Waals surface area contributed by atoms with E-state index in [4.69, 9.17) is 0 Å². The van der Waals surface area contributed by atoms with Crippen LogP contribution in [0.3, 0.4) is 0 Å². The van der Waals surface area contributed by atoms with Crippen molar-refractivity contribution < 1.29 is 0 Å². The molecular formula is C16H16N2. The van der Waals surface area contributed by atoms with Gasteiger partial charge in [0.05, 0.1) is 0 Å². The van der Waals surface area contributed by atoms with Crippen LogP contribution in [0.25, 0.3) is 10.9 Å². The van der Waals surface area contributed by atoms with Crippen molar-refractivity contribution in [1.29, 1.82) is 0 Å². The molecule has 0 spiro atoms. The molecule has 1 N–H and O–H groups in total. The lowest BCUT2D eigenvalue weighted by molar-refractivity contribution is 0.918. The molecule has 0 saturated heterocycles. The first-order chi connectivity index (χ1) is 8.74. The minimum absolute atomic E-state index is 1.12. The Morgan fingerprint density at radius 1 is 0.889 bits per heavy atom. The predicted molar refractivity (Wildman–Crippen MR) is 77.4 cm³/mol. The molecule has 0 radical (unpaired) electrons. The molecule has 3 aromatic rings. The average molecular weight is 236 g/mol. The third-order valence-electron chi connectivity index (χ3n) is 3.34. The smallest absolute Gasteiger partial charge is 0.0481 e. The molecule has 0 aliphatic heterocycles. The molecule has 18 heavy (non-hydrogen) atoms. The van der Waals surface area contributed by atoms with Crippen LogP contribution in [0.4, 0.5) is 11.4 Å². The Morgan fingerprint density at radius 2 is 1.67 bits per heavy atom. The first-order valence-corrected chi connectivity index (χ1v) is 6.12. The molecule has 1 aromatic heterocycles. The highest BCUT2D eigenvalue weighted by Crippen LogP contribution is 2.24. The normalized spacial score (nSPS) is 10.8. The van der Waals surface area contributed by atoms with Crippen LogP contribution in [-0.4, -0.2) is 4.57 Å². The first kappa shape index (κ1) is 10.9. The molecule has 90 valence electrons. The summed E-state index contributed by atoms with van der Waals surface area (Å²) in [6.45, 7) is 2.13. The van der Waals surface area contributed by atoms with Crippen molar-refractivity contribution in [2.45, 2.75) is 6.92 Å². The highest BCUT2D eigenvalue weighted by molar-refractivity contribution is 5.85. The van der Waals surface area contributed by atoms with Gasteiger partial charge >= 0.3 is 0 Å². The Hall–Kier alpha value is -2.22. The van der Waals surface area contributed by atoms with Gasteiger partial charge in [0.15, 0.2) is 0 Å². The lowest BCUT2D eigenvalue weighted by Crippen LogP contribution is -1.91. The molecule has 0 atom stereocenters. The van der Waals surface area contributed by atoms with Crippen LogP contribution in [0.2, 0.25) is 0 Å². The largest absolute Gasteiger partial charge is 0.356 e. The van der Waals surface area contributed by atoms with Crippen LogP contribution in [0.15, 0.2) is 54.6 Å². The maximum Gasteiger partial charge on any atom is 0.0481 e. The summed E-state index contributed by atoms with van der Waals surface area (Å²) in [5.74, 6) is 0. The maximum absolute atomic E-state index is 3.42. The zero-order valence-electron chi connectivity index (χ0n) is 10.6. The van der Waals surface area contributed by atoms with E-state index in [0.29, 0.717) is 0 Å². The molecule has 0 amide bonds. The average Bonchev–Trinajstić information content (AvgIpc) is 2.66. The SMILES string of the molecule is Cc1cc2cc(Nc3ccccc3)ccc2n1C. The van der Waals surface area contributed by atoms with E-state index < -0.39 is 0 Å². The first-order valence-electron chi connectivity index (χ1n) is 6.12. The van der Waals surface area contributed by atoms with Gasteiger partial charge in [-0.15, -0.1) is 0 Å². The molecule has 1 heterocycles. The minimum Gasteiger partial charge on any atom is -0.356 e. The Labute approximate surface area is 107 Å². The fourth-order valence-electron chi connectivity index (χ4n) is 2.25. The summed E-state index contributed by atoms with van der Waals surface area (Å²) in [5.41, 5.74) is 4.79. The maximum atomic E-state index is 3.42. The summed E-state index contributed by atoms with van der Waals surface area (Å²) in [7, 11) is 2.10. The number of para-hydroxylation sites is 1. The highest BCUT2D eigenvalue weighted by Gasteiger charge is 2.03. The molecule has 0 aliphatic carbocycles. The molecule has 2 nitrogen and oxygen atoms in total. The number of aromatic nitrogens is 1. The lowest BCUT2D eigenvalue weighted by Gasteiger charge is -2.06. The summed E-state index contributed by atoms with van der Waals surface area (Å²) >= 11 is 0. The third kappa shape index (κ3) is 1.86. The molecule has 0 saturated carbocycles. The molecule has 2 heteroatoms. The standard InChI is InChI=1S/C16H16N2/c1-12-10-13-11-15(8-9-16(13)18(12)2)17-14-6-4-3-5-7-14/h3-11,17H,1-2H3. The van der Waals surface area contributed by atoms with E-state index >= 15 is 0 Å². The summed E-state index contributed by atoms with van der Waals surface area (Å²) in [4.78, 5) is 0. The Kier molecular flexibility index (Phi) is 2.56. The summed E-state index contributed by atoms with van der Waals surface area (Å²) in [6, 6.07) is 18.9. The molecule has 0 aliphatic rings. The van der Waals surface area contributed by atoms with Crippen LogP contribution >= 0.6 is 0 Å². The number of hydrogen-bond acceptors (Lipinski definition) is 1. The van der Waals surface area contributed by atoms with Crippen molar-refractivity contribution in [2.75, 3.05) is 5.32 Å². The number of aryl methyl sites for hydroxylation is 2. The second-order valence-corrected chi connectivity index (χ2v) is 4.61. The van der Waals surface area contributed by atoms with Crippen molar-refractivity contribution in [3.63, 3.8) is 0 Å². The van der Waals surface area contributed by atoms with Crippen LogP contribution < -0.4 is 5.32 Å². The van der Waals surface area contributed by atoms with Gasteiger partial charge in [0.2, 0.25) is 0 Å². The van der Waals surface area contributed by atoms with E-state index in [1.54, 1.807) is 0 Å². The highest BCUT2D eigenvalue weighted by atomic mass is 14.9. The Morgan fingerprint density at radius 3 is 2.44 bits per heavy atom. The van der Waals surface area contributed by atoms with Crippen LogP contribution in [0.5, 0.6) is 0 Å². The van der Waals surface area contributed by atoms with Gasteiger partial charge in [-0.2, -0.15) is 0 Å². The van der Waals surface area contributed by atoms with Gasteiger partial charge in [0.1, 0.15) is 0 Å². The van der Waals surface area contributed by atoms with Crippen LogP contribution in [0, 0.1) is 6.92 Å². The summed E-state index contributed by atoms with van der Waals surface area (Å²) in [6.07, 6.45) is 0. The van der Waals surface area contributed by atoms with Crippen molar-refractivity contribution in [1.82, 2.24) is 4.57 Å². The number of rotatable bonds is 2. The number of anilines is 2. The monoisotopic (exact) mass is 236 g/mol. The van der Waals surface area contributed by atoms with E-state index in [9.17, 15) is 0 Å². The van der Waals surface area contributed by atoms with Crippen molar-refractivity contribution in [2.24, 2.45) is 7.05 Å². The molecule has 0 unspecified atom stereocenters. The molecule has 3 rings (SSSR count). The van der Waals surface area contributed by atoms with E-state index in [-0.39, 0.29) is 0 Å². The predicted octanol–water partition coefficient (Wildman–Crippen LogP) is 4.23. The Balaban J connectivity index is 1.99. The second-order valence-electron chi connectivity index (χ2n) is 4.61. The van der Waals surface area contributed by atoms with Gasteiger partial charge in [-0.05, 0) is 43.3 Å². The summed E-state index contributed by atoms with van der Waals surface area (Å²) < 4.78 is 2.21. The zero-order valence-corrected chi connectivity index (χ0v) is 10.6. The number of hydrogen-bond donors (Lipinski definition) is 1. The van der Waals surface area contributed by atoms with Crippen molar-refractivity contribution in [3.05, 3.63) is 60.3 Å². The molecule has 0 bridgehead atoms. The van der Waals surface area contributed by atoms with Gasteiger partial charge < -0.3 is 9.88 Å². The number of nitrogens with zero attached hydrogens (tertiary/aromatic N) is 1. The topological polar surface area (TPSA) is 17.0 Å². The van der Waals surface area contributed by atoms with E-state index in [1.165, 1.54) is 16.6 Å². The quantitative estimate of drug-likeness (QED) is 0.704. The second kappa shape index (κ2) is 4.22. The van der Waals surface area contributed by atoms with Crippen LogP contribution in [0.1, 0.15) is 5.69 Å². The fraction of sp³-hybridized carbons (Fsp3) is 0.125. The van der Waals surface area contributed by atoms with E-state index in [2.05, 4.69) is 60.3 Å². The van der Waals surface area contributed by atoms with Gasteiger partial charge in [-0.3, -0.25) is 0 Å². The van der Waals surface area contributed by atoms with Gasteiger partial charge in [-0.25, -0.2) is 0 Å². The minimum atomic E-state index is 1.12. The number of benzene rings is 2. The van der Waals surface area contributed by atoms with Crippen molar-refractivity contribution >= 4 is 22.3 Å². The van der Waals surface area contributed by atoms with Gasteiger partial charge in [-0.1, -0.05) is 18.2 Å². The molecule has 0 fully saturated rings. The van der Waals surface area contributed by atoms with Gasteiger partial charge in [0.25, 0.3) is 0 Å². The van der Waals surface area contributed by atoms with E-state index in [1.807, 2.05) is 18.2 Å². The van der Waals surface area contributed by atoms with Crippen LogP contribution in [-0.2, 0) is 7.05 Å².